The van der Waals surface area contributed by atoms with Crippen molar-refractivity contribution in [3.05, 3.63) is 65.5 Å². The number of carboxylic acid groups (broad SMARTS) is 1. The van der Waals surface area contributed by atoms with Crippen LogP contribution in [0.2, 0.25) is 0 Å². The van der Waals surface area contributed by atoms with Crippen molar-refractivity contribution in [1.29, 1.82) is 0 Å². The normalized spacial score (nSPS) is 15.9. The fraction of sp³-hybridized carbons (Fsp3) is 0.364. The van der Waals surface area contributed by atoms with Crippen molar-refractivity contribution >= 4 is 11.9 Å². The fourth-order valence-electron chi connectivity index (χ4n) is 3.61. The van der Waals surface area contributed by atoms with E-state index in [1.165, 1.54) is 12.1 Å². The Bertz CT molecular complexity index is 846. The van der Waals surface area contributed by atoms with Gasteiger partial charge in [-0.15, -0.1) is 0 Å². The smallest absolute Gasteiger partial charge is 0.335 e. The van der Waals surface area contributed by atoms with Gasteiger partial charge in [-0.3, -0.25) is 4.79 Å². The summed E-state index contributed by atoms with van der Waals surface area (Å²) in [6.07, 6.45) is 1.52. The fourth-order valence-corrected chi connectivity index (χ4v) is 3.61. The van der Waals surface area contributed by atoms with Gasteiger partial charge < -0.3 is 14.7 Å². The Balaban J connectivity index is 1.54. The monoisotopic (exact) mass is 385 g/mol. The number of likely N-dealkylation sites (tertiary alicyclic amines) is 1. The van der Waals surface area contributed by atoms with Crippen LogP contribution in [0.3, 0.4) is 0 Å². The number of carbonyl (C=O) groups excluding carboxylic acids is 1. The molecule has 0 spiro atoms. The van der Waals surface area contributed by atoms with Crippen LogP contribution in [0, 0.1) is 11.7 Å². The third kappa shape index (κ3) is 4.68. The van der Waals surface area contributed by atoms with Gasteiger partial charge in [0.05, 0.1) is 5.56 Å². The molecule has 1 aliphatic rings. The Morgan fingerprint density at radius 3 is 2.46 bits per heavy atom. The predicted octanol–water partition coefficient (Wildman–Crippen LogP) is 3.77. The highest BCUT2D eigenvalue weighted by Gasteiger charge is 2.28. The highest BCUT2D eigenvalue weighted by atomic mass is 19.1. The van der Waals surface area contributed by atoms with Gasteiger partial charge in [-0.2, -0.15) is 0 Å². The number of piperidine rings is 1. The quantitative estimate of drug-likeness (QED) is 0.822. The lowest BCUT2D eigenvalue weighted by Gasteiger charge is -2.33. The number of hydrogen-bond donors (Lipinski definition) is 1. The number of ether oxygens (including phenoxy) is 1. The SMILES string of the molecule is CC(Oc1ccccc1F)C(=O)N1CCC(Cc2ccccc2C(=O)O)CC1. The van der Waals surface area contributed by atoms with Crippen molar-refractivity contribution in [3.63, 3.8) is 0 Å². The number of halogens is 1. The third-order valence-corrected chi connectivity index (χ3v) is 5.17. The Labute approximate surface area is 163 Å². The number of rotatable bonds is 6. The van der Waals surface area contributed by atoms with Gasteiger partial charge >= 0.3 is 5.97 Å². The molecule has 0 aromatic heterocycles. The Morgan fingerprint density at radius 1 is 1.14 bits per heavy atom. The molecule has 1 fully saturated rings. The Kier molecular flexibility index (Phi) is 6.29. The number of para-hydroxylation sites is 1. The first-order chi connectivity index (χ1) is 13.5. The highest BCUT2D eigenvalue weighted by Crippen LogP contribution is 2.25. The summed E-state index contributed by atoms with van der Waals surface area (Å²) in [6, 6.07) is 13.1. The van der Waals surface area contributed by atoms with Gasteiger partial charge in [0.2, 0.25) is 0 Å². The van der Waals surface area contributed by atoms with E-state index in [0.29, 0.717) is 31.0 Å². The summed E-state index contributed by atoms with van der Waals surface area (Å²) in [5.41, 5.74) is 1.17. The van der Waals surface area contributed by atoms with Crippen molar-refractivity contribution in [2.45, 2.75) is 32.3 Å². The van der Waals surface area contributed by atoms with E-state index in [2.05, 4.69) is 0 Å². The molecule has 0 aliphatic carbocycles. The predicted molar refractivity (Wildman–Crippen MR) is 103 cm³/mol. The van der Waals surface area contributed by atoms with E-state index in [0.717, 1.165) is 18.4 Å². The number of benzene rings is 2. The zero-order chi connectivity index (χ0) is 20.1. The van der Waals surface area contributed by atoms with Crippen LogP contribution >= 0.6 is 0 Å². The summed E-state index contributed by atoms with van der Waals surface area (Å²) < 4.78 is 19.2. The zero-order valence-electron chi connectivity index (χ0n) is 15.8. The molecule has 2 aromatic rings. The largest absolute Gasteiger partial charge is 0.478 e. The number of nitrogens with zero attached hydrogens (tertiary/aromatic N) is 1. The van der Waals surface area contributed by atoms with Crippen molar-refractivity contribution in [2.75, 3.05) is 13.1 Å². The lowest BCUT2D eigenvalue weighted by atomic mass is 9.88. The van der Waals surface area contributed by atoms with Crippen LogP contribution < -0.4 is 4.74 Å². The molecule has 0 bridgehead atoms. The Morgan fingerprint density at radius 2 is 1.79 bits per heavy atom. The molecule has 3 rings (SSSR count). The van der Waals surface area contributed by atoms with E-state index < -0.39 is 17.9 Å². The number of carbonyl (C=O) groups is 2. The molecule has 0 saturated carbocycles. The maximum Gasteiger partial charge on any atom is 0.335 e. The van der Waals surface area contributed by atoms with Crippen molar-refractivity contribution < 1.29 is 23.8 Å². The second kappa shape index (κ2) is 8.87. The minimum Gasteiger partial charge on any atom is -0.478 e. The molecule has 1 N–H and O–H groups in total. The highest BCUT2D eigenvalue weighted by molar-refractivity contribution is 5.89. The van der Waals surface area contributed by atoms with Gasteiger partial charge in [0.15, 0.2) is 17.7 Å². The van der Waals surface area contributed by atoms with Gasteiger partial charge in [-0.25, -0.2) is 9.18 Å². The lowest BCUT2D eigenvalue weighted by Crippen LogP contribution is -2.45. The van der Waals surface area contributed by atoms with E-state index in [9.17, 15) is 19.1 Å². The van der Waals surface area contributed by atoms with Crippen LogP contribution in [0.5, 0.6) is 5.75 Å². The molecule has 148 valence electrons. The van der Waals surface area contributed by atoms with Crippen molar-refractivity contribution in [1.82, 2.24) is 4.90 Å². The minimum atomic E-state index is -0.915. The van der Waals surface area contributed by atoms with E-state index in [-0.39, 0.29) is 11.7 Å². The van der Waals surface area contributed by atoms with Crippen LogP contribution in [-0.4, -0.2) is 41.1 Å². The first-order valence-corrected chi connectivity index (χ1v) is 9.47. The molecule has 1 aliphatic heterocycles. The summed E-state index contributed by atoms with van der Waals surface area (Å²) >= 11 is 0. The molecule has 28 heavy (non-hydrogen) atoms. The van der Waals surface area contributed by atoms with E-state index in [1.54, 1.807) is 36.1 Å². The molecule has 1 saturated heterocycles. The van der Waals surface area contributed by atoms with Gasteiger partial charge in [0.1, 0.15) is 0 Å². The first-order valence-electron chi connectivity index (χ1n) is 9.47. The zero-order valence-corrected chi connectivity index (χ0v) is 15.8. The third-order valence-electron chi connectivity index (χ3n) is 5.17. The van der Waals surface area contributed by atoms with E-state index in [1.807, 2.05) is 12.1 Å². The second-order valence-corrected chi connectivity index (χ2v) is 7.13. The van der Waals surface area contributed by atoms with Crippen LogP contribution in [0.15, 0.2) is 48.5 Å². The second-order valence-electron chi connectivity index (χ2n) is 7.13. The topological polar surface area (TPSA) is 66.8 Å². The minimum absolute atomic E-state index is 0.0727. The maximum absolute atomic E-state index is 13.7. The summed E-state index contributed by atoms with van der Waals surface area (Å²) in [5, 5.41) is 9.32. The summed E-state index contributed by atoms with van der Waals surface area (Å²) in [4.78, 5) is 25.7. The van der Waals surface area contributed by atoms with E-state index >= 15 is 0 Å². The van der Waals surface area contributed by atoms with Crippen LogP contribution in [-0.2, 0) is 11.2 Å². The van der Waals surface area contributed by atoms with Crippen molar-refractivity contribution in [2.24, 2.45) is 5.92 Å². The molecule has 5 nitrogen and oxygen atoms in total. The lowest BCUT2D eigenvalue weighted by molar-refractivity contribution is -0.139. The summed E-state index contributed by atoms with van der Waals surface area (Å²) in [7, 11) is 0. The average molecular weight is 385 g/mol. The molecule has 2 aromatic carbocycles. The molecule has 1 heterocycles. The van der Waals surface area contributed by atoms with Gasteiger partial charge in [-0.05, 0) is 55.9 Å². The maximum atomic E-state index is 13.7. The van der Waals surface area contributed by atoms with Crippen LogP contribution in [0.25, 0.3) is 0 Å². The van der Waals surface area contributed by atoms with Gasteiger partial charge in [-0.1, -0.05) is 30.3 Å². The molecular formula is C22H24FNO4. The average Bonchev–Trinajstić information content (AvgIpc) is 2.70. The molecule has 1 amide bonds. The van der Waals surface area contributed by atoms with E-state index in [4.69, 9.17) is 4.74 Å². The number of aromatic carboxylic acids is 1. The first kappa shape index (κ1) is 19.9. The molecule has 0 radical (unpaired) electrons. The number of hydrogen-bond acceptors (Lipinski definition) is 3. The molecule has 6 heteroatoms. The molecular weight excluding hydrogens is 361 g/mol. The van der Waals surface area contributed by atoms with Crippen LogP contribution in [0.4, 0.5) is 4.39 Å². The summed E-state index contributed by atoms with van der Waals surface area (Å²) in [5.74, 6) is -1.16. The van der Waals surface area contributed by atoms with Crippen molar-refractivity contribution in [3.8, 4) is 5.75 Å². The van der Waals surface area contributed by atoms with Gasteiger partial charge in [0.25, 0.3) is 5.91 Å². The standard InChI is InChI=1S/C22H24FNO4/c1-15(28-20-9-5-4-8-19(20)23)21(25)24-12-10-16(11-13-24)14-17-6-2-3-7-18(17)22(26)27/h2-9,15-16H,10-14H2,1H3,(H,26,27). The van der Waals surface area contributed by atoms with Crippen LogP contribution in [0.1, 0.15) is 35.7 Å². The van der Waals surface area contributed by atoms with Gasteiger partial charge in [0, 0.05) is 13.1 Å². The number of amides is 1. The number of carboxylic acids is 1. The Hall–Kier alpha value is -2.89. The summed E-state index contributed by atoms with van der Waals surface area (Å²) in [6.45, 7) is 2.80. The molecule has 1 atom stereocenters. The molecule has 1 unspecified atom stereocenters.